The van der Waals surface area contributed by atoms with E-state index in [-0.39, 0.29) is 16.3 Å². The summed E-state index contributed by atoms with van der Waals surface area (Å²) in [5, 5.41) is 9.24. The average Bonchev–Trinajstić information content (AvgIpc) is 2.63. The fourth-order valence-electron chi connectivity index (χ4n) is 2.48. The van der Waals surface area contributed by atoms with Gasteiger partial charge in [-0.25, -0.2) is 9.59 Å². The number of aryl methyl sites for hydroxylation is 1. The van der Waals surface area contributed by atoms with Crippen molar-refractivity contribution in [2.45, 2.75) is 32.2 Å². The lowest BCUT2D eigenvalue weighted by Crippen LogP contribution is -2.41. The summed E-state index contributed by atoms with van der Waals surface area (Å²) in [6, 6.07) is 2.72. The number of hydrogen-bond donors (Lipinski definition) is 0. The SMILES string of the molecule is Cc1cc(Cl)cc2c1OC(C(F)(F)F)C(C(=O)OCOC(=O)OC[C@H](C)O[N+](=O)[O-])=C2. The first kappa shape index (κ1) is 24.1. The summed E-state index contributed by atoms with van der Waals surface area (Å²) in [5.74, 6) is -1.54. The van der Waals surface area contributed by atoms with Gasteiger partial charge in [-0.15, -0.1) is 10.1 Å². The lowest BCUT2D eigenvalue weighted by atomic mass is 9.99. The van der Waals surface area contributed by atoms with Crippen LogP contribution in [0.1, 0.15) is 18.1 Å². The fourth-order valence-corrected chi connectivity index (χ4v) is 2.76. The van der Waals surface area contributed by atoms with E-state index >= 15 is 0 Å². The molecule has 0 saturated heterocycles. The zero-order valence-electron chi connectivity index (χ0n) is 15.9. The summed E-state index contributed by atoms with van der Waals surface area (Å²) in [6.07, 6.45) is -9.12. The minimum absolute atomic E-state index is 0.0887. The van der Waals surface area contributed by atoms with E-state index in [9.17, 15) is 32.9 Å². The molecule has 1 unspecified atom stereocenters. The summed E-state index contributed by atoms with van der Waals surface area (Å²) < 4.78 is 58.6. The fraction of sp³-hybridized carbons (Fsp3) is 0.412. The first-order valence-electron chi connectivity index (χ1n) is 8.41. The zero-order chi connectivity index (χ0) is 23.3. The Morgan fingerprint density at radius 3 is 2.58 bits per heavy atom. The van der Waals surface area contributed by atoms with Crippen LogP contribution in [0.4, 0.5) is 18.0 Å². The molecule has 0 saturated carbocycles. The quantitative estimate of drug-likeness (QED) is 0.255. The zero-order valence-corrected chi connectivity index (χ0v) is 16.7. The molecule has 1 aliphatic heterocycles. The highest BCUT2D eigenvalue weighted by Crippen LogP contribution is 2.40. The van der Waals surface area contributed by atoms with Crippen LogP contribution in [0.2, 0.25) is 5.02 Å². The van der Waals surface area contributed by atoms with Crippen LogP contribution in [0.3, 0.4) is 0 Å². The molecule has 31 heavy (non-hydrogen) atoms. The van der Waals surface area contributed by atoms with E-state index < -0.39 is 54.6 Å². The van der Waals surface area contributed by atoms with Crippen molar-refractivity contribution >= 4 is 29.8 Å². The van der Waals surface area contributed by atoms with Gasteiger partial charge >= 0.3 is 18.3 Å². The van der Waals surface area contributed by atoms with Gasteiger partial charge in [-0.1, -0.05) is 11.6 Å². The average molecular weight is 470 g/mol. The van der Waals surface area contributed by atoms with E-state index in [1.165, 1.54) is 26.0 Å². The first-order valence-corrected chi connectivity index (χ1v) is 8.79. The molecule has 2 rings (SSSR count). The molecule has 10 nitrogen and oxygen atoms in total. The lowest BCUT2D eigenvalue weighted by molar-refractivity contribution is -0.767. The van der Waals surface area contributed by atoms with Crippen molar-refractivity contribution < 1.29 is 51.6 Å². The maximum absolute atomic E-state index is 13.4. The predicted molar refractivity (Wildman–Crippen MR) is 95.6 cm³/mol. The molecule has 1 aromatic carbocycles. The van der Waals surface area contributed by atoms with Gasteiger partial charge in [0.2, 0.25) is 12.9 Å². The first-order chi connectivity index (χ1) is 14.4. The van der Waals surface area contributed by atoms with E-state index in [2.05, 4.69) is 19.0 Å². The summed E-state index contributed by atoms with van der Waals surface area (Å²) in [6.45, 7) is 1.09. The molecule has 1 heterocycles. The van der Waals surface area contributed by atoms with Crippen molar-refractivity contribution in [3.05, 3.63) is 44.0 Å². The number of hydrogen-bond acceptors (Lipinski definition) is 9. The third-order valence-electron chi connectivity index (χ3n) is 3.70. The molecule has 1 aromatic rings. The van der Waals surface area contributed by atoms with Crippen molar-refractivity contribution in [1.29, 1.82) is 0 Å². The molecule has 0 spiro atoms. The van der Waals surface area contributed by atoms with Crippen LogP contribution in [-0.4, -0.2) is 49.0 Å². The van der Waals surface area contributed by atoms with Crippen LogP contribution in [0.5, 0.6) is 5.75 Å². The van der Waals surface area contributed by atoms with Crippen LogP contribution in [0.25, 0.3) is 6.08 Å². The Kier molecular flexibility index (Phi) is 7.55. The molecular formula is C17H15ClF3NO9. The van der Waals surface area contributed by atoms with E-state index in [1.807, 2.05) is 0 Å². The summed E-state index contributed by atoms with van der Waals surface area (Å²) in [5.41, 5.74) is -0.411. The molecule has 0 aromatic heterocycles. The van der Waals surface area contributed by atoms with E-state index in [4.69, 9.17) is 16.3 Å². The van der Waals surface area contributed by atoms with Crippen LogP contribution in [0.15, 0.2) is 17.7 Å². The molecule has 0 amide bonds. The Hall–Kier alpha value is -3.22. The molecule has 0 radical (unpaired) electrons. The molecule has 14 heteroatoms. The monoisotopic (exact) mass is 469 g/mol. The third-order valence-corrected chi connectivity index (χ3v) is 3.92. The summed E-state index contributed by atoms with van der Waals surface area (Å²) in [7, 11) is 0. The Bertz CT molecular complexity index is 904. The topological polar surface area (TPSA) is 123 Å². The smallest absolute Gasteiger partial charge is 0.475 e. The number of rotatable bonds is 7. The number of carbonyl (C=O) groups excluding carboxylic acids is 2. The normalized spacial score (nSPS) is 16.2. The van der Waals surface area contributed by atoms with Gasteiger partial charge in [0.05, 0.1) is 5.57 Å². The van der Waals surface area contributed by atoms with Crippen LogP contribution in [-0.2, 0) is 23.8 Å². The predicted octanol–water partition coefficient (Wildman–Crippen LogP) is 3.61. The Labute approximate surface area is 177 Å². The summed E-state index contributed by atoms with van der Waals surface area (Å²) >= 11 is 5.89. The second kappa shape index (κ2) is 9.73. The van der Waals surface area contributed by atoms with Gasteiger partial charge in [0.1, 0.15) is 18.5 Å². The highest BCUT2D eigenvalue weighted by Gasteiger charge is 2.49. The molecule has 0 N–H and O–H groups in total. The van der Waals surface area contributed by atoms with Gasteiger partial charge < -0.3 is 23.8 Å². The number of halogens is 4. The third kappa shape index (κ3) is 6.64. The minimum Gasteiger partial charge on any atom is -0.475 e. The van der Waals surface area contributed by atoms with Gasteiger partial charge in [0.15, 0.2) is 0 Å². The summed E-state index contributed by atoms with van der Waals surface area (Å²) in [4.78, 5) is 37.7. The van der Waals surface area contributed by atoms with E-state index in [0.717, 1.165) is 6.08 Å². The lowest BCUT2D eigenvalue weighted by Gasteiger charge is -2.28. The van der Waals surface area contributed by atoms with Gasteiger partial charge in [-0.2, -0.15) is 13.2 Å². The minimum atomic E-state index is -4.94. The van der Waals surface area contributed by atoms with Crippen LogP contribution < -0.4 is 4.74 Å². The van der Waals surface area contributed by atoms with Gasteiger partial charge in [0, 0.05) is 10.6 Å². The van der Waals surface area contributed by atoms with Crippen LogP contribution in [0, 0.1) is 17.0 Å². The second-order valence-electron chi connectivity index (χ2n) is 6.17. The number of ether oxygens (including phenoxy) is 4. The number of esters is 1. The molecular weight excluding hydrogens is 455 g/mol. The molecule has 2 atom stereocenters. The highest BCUT2D eigenvalue weighted by atomic mass is 35.5. The molecule has 170 valence electrons. The number of carbonyl (C=O) groups is 2. The second-order valence-corrected chi connectivity index (χ2v) is 6.61. The maximum Gasteiger partial charge on any atom is 0.511 e. The number of benzene rings is 1. The molecule has 0 bridgehead atoms. The standard InChI is InChI=1S/C17H15ClF3NO9/c1-8-3-11(18)4-10-5-12(14(17(19,20)21)30-13(8)10)15(23)28-7-29-16(24)27-6-9(2)31-22(25)26/h3-5,9,14H,6-7H2,1-2H3/t9-,14?/m0/s1. The highest BCUT2D eigenvalue weighted by molar-refractivity contribution is 6.30. The van der Waals surface area contributed by atoms with Crippen LogP contribution >= 0.6 is 11.6 Å². The number of fused-ring (bicyclic) bond motifs is 1. The number of alkyl halides is 3. The van der Waals surface area contributed by atoms with Crippen molar-refractivity contribution in [1.82, 2.24) is 0 Å². The van der Waals surface area contributed by atoms with Crippen molar-refractivity contribution in [3.8, 4) is 5.75 Å². The molecule has 1 aliphatic rings. The maximum atomic E-state index is 13.4. The Morgan fingerprint density at radius 2 is 1.97 bits per heavy atom. The van der Waals surface area contributed by atoms with Gasteiger partial charge in [-0.3, -0.25) is 0 Å². The van der Waals surface area contributed by atoms with Crippen molar-refractivity contribution in [2.75, 3.05) is 13.4 Å². The van der Waals surface area contributed by atoms with E-state index in [0.29, 0.717) is 5.56 Å². The Balaban J connectivity index is 2.02. The van der Waals surface area contributed by atoms with E-state index in [1.54, 1.807) is 0 Å². The van der Waals surface area contributed by atoms with Crippen molar-refractivity contribution in [2.24, 2.45) is 0 Å². The van der Waals surface area contributed by atoms with Crippen molar-refractivity contribution in [3.63, 3.8) is 0 Å². The molecule has 0 aliphatic carbocycles. The van der Waals surface area contributed by atoms with Gasteiger partial charge in [0.25, 0.3) is 5.09 Å². The van der Waals surface area contributed by atoms with Gasteiger partial charge in [-0.05, 0) is 37.6 Å². The number of nitrogens with zero attached hydrogens (tertiary/aromatic N) is 1. The Morgan fingerprint density at radius 1 is 1.29 bits per heavy atom. The molecule has 0 fully saturated rings. The largest absolute Gasteiger partial charge is 0.511 e.